The molecule has 0 radical (unpaired) electrons. The summed E-state index contributed by atoms with van der Waals surface area (Å²) in [6.07, 6.45) is 5.17. The van der Waals surface area contributed by atoms with Crippen LogP contribution in [0.1, 0.15) is 101 Å². The van der Waals surface area contributed by atoms with Crippen LogP contribution in [0.25, 0.3) is 11.1 Å². The van der Waals surface area contributed by atoms with Crippen LogP contribution in [0.15, 0.2) is 87.7 Å². The Morgan fingerprint density at radius 1 is 0.634 bits per heavy atom. The first-order valence-corrected chi connectivity index (χ1v) is 18.7. The molecule has 0 fully saturated rings. The molecule has 0 aromatic heterocycles. The van der Waals surface area contributed by atoms with Crippen LogP contribution >= 0.6 is 0 Å². The number of hydrogen-bond acceptors (Lipinski definition) is 0. The molecule has 0 nitrogen and oxygen atoms in total. The Morgan fingerprint density at radius 3 is 1.54 bits per heavy atom. The van der Waals surface area contributed by atoms with E-state index in [4.69, 9.17) is 0 Å². The Labute approximate surface area is 269 Å². The van der Waals surface area contributed by atoms with Crippen molar-refractivity contribution in [2.24, 2.45) is 11.3 Å². The van der Waals surface area contributed by atoms with E-state index in [1.165, 1.54) is 33.4 Å². The summed E-state index contributed by atoms with van der Waals surface area (Å²) in [5.41, 5.74) is 12.2. The molecule has 5 rings (SSSR count). The van der Waals surface area contributed by atoms with Crippen LogP contribution in [0, 0.1) is 11.3 Å². The van der Waals surface area contributed by atoms with Crippen molar-refractivity contribution in [3.8, 4) is 11.1 Å². The molecule has 3 heteroatoms. The summed E-state index contributed by atoms with van der Waals surface area (Å²) in [4.78, 5) is 0. The zero-order chi connectivity index (χ0) is 28.3. The van der Waals surface area contributed by atoms with Gasteiger partial charge in [0, 0.05) is 0 Å². The first-order valence-electron chi connectivity index (χ1n) is 14.6. The molecule has 0 aliphatic heterocycles. The molecule has 3 aromatic carbocycles. The van der Waals surface area contributed by atoms with Gasteiger partial charge in [0.25, 0.3) is 0 Å². The van der Waals surface area contributed by atoms with E-state index in [2.05, 4.69) is 152 Å². The number of benzene rings is 3. The molecule has 2 aliphatic rings. The van der Waals surface area contributed by atoms with Crippen molar-refractivity contribution in [1.82, 2.24) is 0 Å². The van der Waals surface area contributed by atoms with Crippen molar-refractivity contribution in [1.29, 1.82) is 0 Å². The van der Waals surface area contributed by atoms with Gasteiger partial charge in [-0.25, -0.2) is 0 Å². The number of rotatable bonds is 3. The molecule has 0 amide bonds. The minimum Gasteiger partial charge on any atom is -1.00 e. The Kier molecular flexibility index (Phi) is 10.1. The van der Waals surface area contributed by atoms with E-state index >= 15 is 0 Å². The van der Waals surface area contributed by atoms with Gasteiger partial charge in [0.2, 0.25) is 0 Å². The standard InChI is InChI=1S/C21H25.C10H15.C7H6.2ClH.Zr/c1-20(2,3)16-9-7-14-11-15-8-10-17(21(4,5)6)13-19(15)18(14)12-16;1-8-5-6-9(7-8)10(2,3)4;1-7-5-3-2-4-6-7;;;/h7-13H,1-6H3;6-8H,1-4H3;1-6H;2*1H;/q;;;;;+2/p-2. The summed E-state index contributed by atoms with van der Waals surface area (Å²) >= 11 is -2.44. The summed E-state index contributed by atoms with van der Waals surface area (Å²) in [5, 5.41) is 0. The maximum Gasteiger partial charge on any atom is -1.00 e. The van der Waals surface area contributed by atoms with Gasteiger partial charge in [0.15, 0.2) is 0 Å². The van der Waals surface area contributed by atoms with E-state index in [0.29, 0.717) is 9.54 Å². The van der Waals surface area contributed by atoms with E-state index in [-0.39, 0.29) is 41.1 Å². The second-order valence-corrected chi connectivity index (χ2v) is 20.6. The van der Waals surface area contributed by atoms with E-state index in [0.717, 1.165) is 0 Å². The molecule has 41 heavy (non-hydrogen) atoms. The van der Waals surface area contributed by atoms with Gasteiger partial charge < -0.3 is 24.8 Å². The van der Waals surface area contributed by atoms with E-state index < -0.39 is 21.3 Å². The van der Waals surface area contributed by atoms with Crippen molar-refractivity contribution in [2.45, 2.75) is 83.7 Å². The number of hydrogen-bond donors (Lipinski definition) is 0. The van der Waals surface area contributed by atoms with Crippen molar-refractivity contribution < 1.29 is 46.1 Å². The number of fused-ring (bicyclic) bond motifs is 3. The molecule has 0 bridgehead atoms. The van der Waals surface area contributed by atoms with Gasteiger partial charge in [-0.1, -0.05) is 0 Å². The monoisotopic (exact) mass is 662 g/mol. The van der Waals surface area contributed by atoms with Gasteiger partial charge in [-0.15, -0.1) is 0 Å². The van der Waals surface area contributed by atoms with E-state index in [1.54, 1.807) is 14.4 Å². The molecular formula is C38H46Cl2Zr. The van der Waals surface area contributed by atoms with Gasteiger partial charge in [0.1, 0.15) is 0 Å². The SMILES string of the molecule is CC1C=C(C(C)(C)C)C=[C]1/[Zr+2](=[CH]\c1ccccc1)[CH]1c2ccc(C(C)(C)C)cc2-c2cc(C(C)(C)C)ccc21.[Cl-].[Cl-]. The van der Waals surface area contributed by atoms with Crippen molar-refractivity contribution in [3.05, 3.63) is 116 Å². The van der Waals surface area contributed by atoms with Crippen LogP contribution in [0.3, 0.4) is 0 Å². The zero-order valence-electron chi connectivity index (χ0n) is 26.5. The minimum absolute atomic E-state index is 0. The number of halogens is 2. The Hall–Kier alpha value is -1.53. The molecule has 1 unspecified atom stereocenters. The Balaban J connectivity index is 0.00000231. The summed E-state index contributed by atoms with van der Waals surface area (Å²) in [5.74, 6) is 0.504. The molecule has 3 aromatic rings. The molecule has 0 N–H and O–H groups in total. The predicted octanol–water partition coefficient (Wildman–Crippen LogP) is 4.33. The Morgan fingerprint density at radius 2 is 1.12 bits per heavy atom. The average Bonchev–Trinajstić information content (AvgIpc) is 3.39. The third kappa shape index (κ3) is 6.84. The second kappa shape index (κ2) is 12.2. The van der Waals surface area contributed by atoms with Crippen molar-refractivity contribution in [3.63, 3.8) is 0 Å². The third-order valence-electron chi connectivity index (χ3n) is 8.61. The fraction of sp³-hybridized carbons (Fsp3) is 0.395. The van der Waals surface area contributed by atoms with Crippen LogP contribution in [-0.4, -0.2) is 3.71 Å². The molecule has 1 atom stereocenters. The average molecular weight is 665 g/mol. The topological polar surface area (TPSA) is 0 Å². The van der Waals surface area contributed by atoms with Gasteiger partial charge in [0.05, 0.1) is 0 Å². The first kappa shape index (κ1) is 34.0. The normalized spacial score (nSPS) is 16.8. The van der Waals surface area contributed by atoms with Crippen LogP contribution in [0.2, 0.25) is 0 Å². The van der Waals surface area contributed by atoms with Gasteiger partial charge in [-0.2, -0.15) is 0 Å². The summed E-state index contributed by atoms with van der Waals surface area (Å²) < 4.78 is 4.96. The molecule has 2 aliphatic carbocycles. The fourth-order valence-electron chi connectivity index (χ4n) is 6.10. The van der Waals surface area contributed by atoms with Crippen LogP contribution in [0.4, 0.5) is 0 Å². The predicted molar refractivity (Wildman–Crippen MR) is 168 cm³/mol. The van der Waals surface area contributed by atoms with Gasteiger partial charge >= 0.3 is 247 Å². The van der Waals surface area contributed by atoms with E-state index in [1.807, 2.05) is 0 Å². The van der Waals surface area contributed by atoms with E-state index in [9.17, 15) is 0 Å². The van der Waals surface area contributed by atoms with Crippen LogP contribution in [0.5, 0.6) is 0 Å². The summed E-state index contributed by atoms with van der Waals surface area (Å²) in [6, 6.07) is 26.0. The fourth-order valence-corrected chi connectivity index (χ4v) is 14.3. The maximum absolute atomic E-state index is 2.74. The van der Waals surface area contributed by atoms with Gasteiger partial charge in [-0.3, -0.25) is 0 Å². The minimum atomic E-state index is -2.44. The summed E-state index contributed by atoms with van der Waals surface area (Å²) in [7, 11) is 0. The molecule has 216 valence electrons. The largest absolute Gasteiger partial charge is 1.00 e. The maximum atomic E-state index is 2.74. The summed E-state index contributed by atoms with van der Waals surface area (Å²) in [6.45, 7) is 23.5. The second-order valence-electron chi connectivity index (χ2n) is 14.8. The first-order chi connectivity index (χ1) is 18.1. The zero-order valence-corrected chi connectivity index (χ0v) is 30.5. The molecule has 0 heterocycles. The van der Waals surface area contributed by atoms with Crippen molar-refractivity contribution in [2.75, 3.05) is 0 Å². The van der Waals surface area contributed by atoms with Crippen LogP contribution < -0.4 is 24.8 Å². The molecule has 0 saturated carbocycles. The third-order valence-corrected chi connectivity index (χ3v) is 16.4. The molecule has 0 spiro atoms. The Bertz CT molecular complexity index is 1440. The van der Waals surface area contributed by atoms with Gasteiger partial charge in [-0.05, 0) is 0 Å². The quantitative estimate of drug-likeness (QED) is 0.391. The van der Waals surface area contributed by atoms with Crippen LogP contribution in [-0.2, 0) is 32.1 Å². The smallest absolute Gasteiger partial charge is 1.00 e. The molecule has 0 saturated heterocycles. The number of allylic oxidation sites excluding steroid dienone is 4. The molecular weight excluding hydrogens is 619 g/mol. The van der Waals surface area contributed by atoms with Crippen molar-refractivity contribution >= 4 is 3.71 Å².